The summed E-state index contributed by atoms with van der Waals surface area (Å²) in [4.78, 5) is 0. The highest BCUT2D eigenvalue weighted by molar-refractivity contribution is 5.40. The van der Waals surface area contributed by atoms with Crippen LogP contribution in [0.2, 0.25) is 0 Å². The van der Waals surface area contributed by atoms with Gasteiger partial charge in [0.1, 0.15) is 0 Å². The molecule has 0 saturated carbocycles. The highest BCUT2D eigenvalue weighted by Crippen LogP contribution is 2.35. The smallest absolute Gasteiger partial charge is 0.165 e. The van der Waals surface area contributed by atoms with Crippen LogP contribution in [-0.4, -0.2) is 13.2 Å². The molecule has 0 amide bonds. The molecule has 0 saturated heterocycles. The van der Waals surface area contributed by atoms with Crippen LogP contribution in [0, 0.1) is 5.82 Å². The first kappa shape index (κ1) is 13.1. The van der Waals surface area contributed by atoms with Crippen molar-refractivity contribution in [2.45, 2.75) is 18.8 Å². The summed E-state index contributed by atoms with van der Waals surface area (Å²) in [5, 5.41) is 0. The maximum absolute atomic E-state index is 13.9. The van der Waals surface area contributed by atoms with Gasteiger partial charge in [-0.1, -0.05) is 30.3 Å². The van der Waals surface area contributed by atoms with Gasteiger partial charge < -0.3 is 10.5 Å². The van der Waals surface area contributed by atoms with Gasteiger partial charge in [0.2, 0.25) is 0 Å². The van der Waals surface area contributed by atoms with Gasteiger partial charge in [-0.05, 0) is 48.2 Å². The minimum absolute atomic E-state index is 0.302. The zero-order valence-corrected chi connectivity index (χ0v) is 11.3. The van der Waals surface area contributed by atoms with Gasteiger partial charge in [-0.25, -0.2) is 4.39 Å². The number of ether oxygens (including phenoxy) is 1. The molecule has 0 bridgehead atoms. The van der Waals surface area contributed by atoms with Gasteiger partial charge >= 0.3 is 0 Å². The fraction of sp³-hybridized carbons (Fsp3) is 0.294. The van der Waals surface area contributed by atoms with E-state index in [4.69, 9.17) is 10.5 Å². The Morgan fingerprint density at radius 3 is 2.80 bits per heavy atom. The molecular formula is C17H18FNO. The van der Waals surface area contributed by atoms with E-state index in [1.807, 2.05) is 18.2 Å². The van der Waals surface area contributed by atoms with Crippen molar-refractivity contribution in [2.24, 2.45) is 5.73 Å². The van der Waals surface area contributed by atoms with Gasteiger partial charge in [0.15, 0.2) is 11.6 Å². The van der Waals surface area contributed by atoms with E-state index < -0.39 is 0 Å². The van der Waals surface area contributed by atoms with E-state index in [9.17, 15) is 4.39 Å². The molecule has 0 heterocycles. The first-order valence-electron chi connectivity index (χ1n) is 6.97. The molecular weight excluding hydrogens is 253 g/mol. The molecule has 0 aliphatic heterocycles. The molecule has 2 aromatic rings. The minimum atomic E-state index is -0.302. The second kappa shape index (κ2) is 5.63. The summed E-state index contributed by atoms with van der Waals surface area (Å²) in [6.45, 7) is 1.06. The third-order valence-electron chi connectivity index (χ3n) is 3.83. The highest BCUT2D eigenvalue weighted by Gasteiger charge is 2.26. The van der Waals surface area contributed by atoms with E-state index in [-0.39, 0.29) is 5.82 Å². The van der Waals surface area contributed by atoms with Crippen molar-refractivity contribution in [2.75, 3.05) is 13.2 Å². The molecule has 104 valence electrons. The van der Waals surface area contributed by atoms with Gasteiger partial charge in [-0.2, -0.15) is 0 Å². The topological polar surface area (TPSA) is 35.2 Å². The van der Waals surface area contributed by atoms with E-state index in [1.165, 1.54) is 17.2 Å². The lowest BCUT2D eigenvalue weighted by Crippen LogP contribution is -2.23. The lowest BCUT2D eigenvalue weighted by atomic mass is 9.78. The molecule has 0 spiro atoms. The average Bonchev–Trinajstić information content (AvgIpc) is 2.42. The molecule has 0 radical (unpaired) electrons. The number of benzene rings is 2. The van der Waals surface area contributed by atoms with E-state index in [1.54, 1.807) is 6.07 Å². The SMILES string of the molecule is NCCc1ccc(OCC2Cc3ccccc32)c(F)c1. The number of hydrogen-bond acceptors (Lipinski definition) is 2. The first-order chi connectivity index (χ1) is 9.78. The zero-order chi connectivity index (χ0) is 13.9. The molecule has 0 fully saturated rings. The van der Waals surface area contributed by atoms with Crippen LogP contribution in [-0.2, 0) is 12.8 Å². The van der Waals surface area contributed by atoms with Crippen molar-refractivity contribution < 1.29 is 9.13 Å². The lowest BCUT2D eigenvalue weighted by Gasteiger charge is -2.29. The summed E-state index contributed by atoms with van der Waals surface area (Å²) < 4.78 is 19.5. The maximum Gasteiger partial charge on any atom is 0.165 e. The lowest BCUT2D eigenvalue weighted by molar-refractivity contribution is 0.263. The fourth-order valence-electron chi connectivity index (χ4n) is 2.69. The zero-order valence-electron chi connectivity index (χ0n) is 11.3. The Morgan fingerprint density at radius 2 is 2.05 bits per heavy atom. The van der Waals surface area contributed by atoms with Gasteiger partial charge in [-0.15, -0.1) is 0 Å². The van der Waals surface area contributed by atoms with E-state index in [0.29, 0.717) is 31.2 Å². The van der Waals surface area contributed by atoms with Crippen molar-refractivity contribution >= 4 is 0 Å². The molecule has 2 nitrogen and oxygen atoms in total. The standard InChI is InChI=1S/C17H18FNO/c18-16-9-12(7-8-19)5-6-17(16)20-11-14-10-13-3-1-2-4-15(13)14/h1-6,9,14H,7-8,10-11,19H2. The molecule has 1 atom stereocenters. The number of rotatable bonds is 5. The van der Waals surface area contributed by atoms with E-state index >= 15 is 0 Å². The molecule has 1 aliphatic rings. The number of nitrogens with two attached hydrogens (primary N) is 1. The van der Waals surface area contributed by atoms with Gasteiger partial charge in [0, 0.05) is 5.92 Å². The largest absolute Gasteiger partial charge is 0.490 e. The summed E-state index contributed by atoms with van der Waals surface area (Å²) in [6.07, 6.45) is 1.70. The predicted octanol–water partition coefficient (Wildman–Crippen LogP) is 3.05. The third-order valence-corrected chi connectivity index (χ3v) is 3.83. The highest BCUT2D eigenvalue weighted by atomic mass is 19.1. The first-order valence-corrected chi connectivity index (χ1v) is 6.97. The van der Waals surface area contributed by atoms with E-state index in [2.05, 4.69) is 12.1 Å². The minimum Gasteiger partial charge on any atom is -0.490 e. The van der Waals surface area contributed by atoms with Crippen molar-refractivity contribution in [3.05, 3.63) is 65.0 Å². The average molecular weight is 271 g/mol. The third kappa shape index (κ3) is 2.54. The van der Waals surface area contributed by atoms with Crippen LogP contribution >= 0.6 is 0 Å². The maximum atomic E-state index is 13.9. The molecule has 0 aromatic heterocycles. The Balaban J connectivity index is 1.62. The van der Waals surface area contributed by atoms with Crippen molar-refractivity contribution in [3.63, 3.8) is 0 Å². The van der Waals surface area contributed by atoms with Crippen molar-refractivity contribution in [3.8, 4) is 5.75 Å². The molecule has 3 rings (SSSR count). The van der Waals surface area contributed by atoms with Gasteiger partial charge in [0.05, 0.1) is 6.61 Å². The molecule has 1 unspecified atom stereocenters. The summed E-state index contributed by atoms with van der Waals surface area (Å²) in [5.41, 5.74) is 9.07. The second-order valence-electron chi connectivity index (χ2n) is 5.21. The van der Waals surface area contributed by atoms with Crippen LogP contribution in [0.3, 0.4) is 0 Å². The summed E-state index contributed by atoms with van der Waals surface area (Å²) in [6, 6.07) is 13.4. The normalized spacial score (nSPS) is 16.4. The number of hydrogen-bond donors (Lipinski definition) is 1. The monoisotopic (exact) mass is 271 g/mol. The summed E-state index contributed by atoms with van der Waals surface area (Å²) in [5.74, 6) is 0.410. The Kier molecular flexibility index (Phi) is 3.70. The summed E-state index contributed by atoms with van der Waals surface area (Å²) >= 11 is 0. The second-order valence-corrected chi connectivity index (χ2v) is 5.21. The van der Waals surface area contributed by atoms with Crippen LogP contribution in [0.25, 0.3) is 0 Å². The Morgan fingerprint density at radius 1 is 1.20 bits per heavy atom. The molecule has 2 N–H and O–H groups in total. The predicted molar refractivity (Wildman–Crippen MR) is 77.5 cm³/mol. The van der Waals surface area contributed by atoms with Crippen LogP contribution in [0.4, 0.5) is 4.39 Å². The van der Waals surface area contributed by atoms with E-state index in [0.717, 1.165) is 12.0 Å². The molecule has 1 aliphatic carbocycles. The fourth-order valence-corrected chi connectivity index (χ4v) is 2.69. The summed E-state index contributed by atoms with van der Waals surface area (Å²) in [7, 11) is 0. The quantitative estimate of drug-likeness (QED) is 0.907. The van der Waals surface area contributed by atoms with Crippen LogP contribution in [0.15, 0.2) is 42.5 Å². The van der Waals surface area contributed by atoms with Crippen molar-refractivity contribution in [1.29, 1.82) is 0 Å². The molecule has 2 aromatic carbocycles. The molecule has 3 heteroatoms. The number of fused-ring (bicyclic) bond motifs is 1. The Labute approximate surface area is 118 Å². The number of halogens is 1. The van der Waals surface area contributed by atoms with Crippen molar-refractivity contribution in [1.82, 2.24) is 0 Å². The van der Waals surface area contributed by atoms with Gasteiger partial charge in [-0.3, -0.25) is 0 Å². The van der Waals surface area contributed by atoms with Crippen LogP contribution < -0.4 is 10.5 Å². The Bertz CT molecular complexity index is 612. The van der Waals surface area contributed by atoms with Crippen LogP contribution in [0.5, 0.6) is 5.75 Å². The van der Waals surface area contributed by atoms with Crippen LogP contribution in [0.1, 0.15) is 22.6 Å². The molecule has 20 heavy (non-hydrogen) atoms. The Hall–Kier alpha value is -1.87. The van der Waals surface area contributed by atoms with Gasteiger partial charge in [0.25, 0.3) is 0 Å².